The summed E-state index contributed by atoms with van der Waals surface area (Å²) in [5.41, 5.74) is 0.702. The summed E-state index contributed by atoms with van der Waals surface area (Å²) in [5.74, 6) is 0.517. The third-order valence-electron chi connectivity index (χ3n) is 5.03. The van der Waals surface area contributed by atoms with Gasteiger partial charge in [-0.2, -0.15) is 15.0 Å². The lowest BCUT2D eigenvalue weighted by atomic mass is 10.2. The zero-order valence-corrected chi connectivity index (χ0v) is 20.6. The Morgan fingerprint density at radius 2 is 1.61 bits per heavy atom. The molecule has 0 aliphatic heterocycles. The van der Waals surface area contributed by atoms with E-state index in [0.29, 0.717) is 17.7 Å². The van der Waals surface area contributed by atoms with Crippen LogP contribution < -0.4 is 20.6 Å². The van der Waals surface area contributed by atoms with Gasteiger partial charge in [0.05, 0.1) is 0 Å². The molecule has 0 fully saturated rings. The zero-order valence-electron chi connectivity index (χ0n) is 20.6. The fourth-order valence-corrected chi connectivity index (χ4v) is 3.32. The molecule has 186 valence electrons. The van der Waals surface area contributed by atoms with E-state index in [1.165, 1.54) is 7.05 Å². The molecule has 10 heteroatoms. The van der Waals surface area contributed by atoms with Gasteiger partial charge in [0, 0.05) is 13.6 Å². The Hall–Kier alpha value is -4.47. The second-order valence-electron chi connectivity index (χ2n) is 9.10. The van der Waals surface area contributed by atoms with E-state index >= 15 is 0 Å². The molecule has 0 unspecified atom stereocenters. The molecule has 10 nitrogen and oxygen atoms in total. The van der Waals surface area contributed by atoms with Gasteiger partial charge in [-0.15, -0.1) is 0 Å². The number of aromatic nitrogens is 4. The van der Waals surface area contributed by atoms with E-state index in [2.05, 4.69) is 25.3 Å². The molecule has 0 aliphatic carbocycles. The molecule has 0 aliphatic rings. The maximum Gasteiger partial charge on any atom is 0.416 e. The van der Waals surface area contributed by atoms with Crippen LogP contribution in [0.15, 0.2) is 65.5 Å². The predicted molar refractivity (Wildman–Crippen MR) is 137 cm³/mol. The Morgan fingerprint density at radius 3 is 2.25 bits per heavy atom. The van der Waals surface area contributed by atoms with Crippen LogP contribution in [0.2, 0.25) is 0 Å². The second-order valence-corrected chi connectivity index (χ2v) is 9.10. The first-order valence-electron chi connectivity index (χ1n) is 11.4. The summed E-state index contributed by atoms with van der Waals surface area (Å²) in [6.07, 6.45) is -0.650. The highest BCUT2D eigenvalue weighted by Crippen LogP contribution is 2.30. The number of anilines is 2. The van der Waals surface area contributed by atoms with Gasteiger partial charge in [-0.05, 0) is 31.9 Å². The molecule has 0 spiro atoms. The van der Waals surface area contributed by atoms with Gasteiger partial charge in [0.1, 0.15) is 23.4 Å². The van der Waals surface area contributed by atoms with Crippen LogP contribution in [-0.4, -0.2) is 38.7 Å². The average Bonchev–Trinajstić information content (AvgIpc) is 2.85. The summed E-state index contributed by atoms with van der Waals surface area (Å²) in [6.45, 7) is 5.94. The van der Waals surface area contributed by atoms with Gasteiger partial charge in [-0.25, -0.2) is 14.5 Å². The normalized spacial score (nSPS) is 11.2. The SMILES string of the molecule is CN(C(=O)OC(C)(C)C)c1nc(OCc2ccccc2)c2c(NCc3ccccc3)[nH]c(=O)nc2n1. The minimum atomic E-state index is -0.710. The van der Waals surface area contributed by atoms with E-state index in [1.807, 2.05) is 60.7 Å². The number of hydrogen-bond donors (Lipinski definition) is 2. The number of amides is 1. The Balaban J connectivity index is 1.76. The molecule has 4 aromatic rings. The van der Waals surface area contributed by atoms with Crippen molar-refractivity contribution in [3.8, 4) is 5.88 Å². The van der Waals surface area contributed by atoms with Gasteiger partial charge < -0.3 is 14.8 Å². The number of benzene rings is 2. The van der Waals surface area contributed by atoms with Crippen molar-refractivity contribution in [2.24, 2.45) is 0 Å². The van der Waals surface area contributed by atoms with Crippen LogP contribution in [0.4, 0.5) is 16.6 Å². The van der Waals surface area contributed by atoms with Crippen molar-refractivity contribution < 1.29 is 14.3 Å². The molecule has 2 N–H and O–H groups in total. The highest BCUT2D eigenvalue weighted by Gasteiger charge is 2.25. The number of H-pyrrole nitrogens is 1. The van der Waals surface area contributed by atoms with E-state index < -0.39 is 17.4 Å². The van der Waals surface area contributed by atoms with E-state index in [0.717, 1.165) is 16.0 Å². The van der Waals surface area contributed by atoms with Crippen LogP contribution in [0.5, 0.6) is 5.88 Å². The summed E-state index contributed by atoms with van der Waals surface area (Å²) in [5, 5.41) is 3.62. The number of nitrogens with one attached hydrogen (secondary N) is 2. The van der Waals surface area contributed by atoms with Gasteiger partial charge in [-0.1, -0.05) is 60.7 Å². The Labute approximate surface area is 208 Å². The molecule has 0 bridgehead atoms. The van der Waals surface area contributed by atoms with Gasteiger partial charge in [0.2, 0.25) is 11.8 Å². The van der Waals surface area contributed by atoms with Gasteiger partial charge in [0.15, 0.2) is 5.65 Å². The summed E-state index contributed by atoms with van der Waals surface area (Å²) >= 11 is 0. The van der Waals surface area contributed by atoms with Crippen molar-refractivity contribution in [1.82, 2.24) is 19.9 Å². The molecule has 0 saturated heterocycles. The molecular formula is C26H28N6O4. The quantitative estimate of drug-likeness (QED) is 0.395. The third-order valence-corrected chi connectivity index (χ3v) is 5.03. The lowest BCUT2D eigenvalue weighted by molar-refractivity contribution is 0.0587. The Kier molecular flexibility index (Phi) is 7.14. The fraction of sp³-hybridized carbons (Fsp3) is 0.269. The topological polar surface area (TPSA) is 122 Å². The number of fused-ring (bicyclic) bond motifs is 1. The molecule has 1 amide bonds. The number of aromatic amines is 1. The lowest BCUT2D eigenvalue weighted by Gasteiger charge is -2.24. The predicted octanol–water partition coefficient (Wildman–Crippen LogP) is 4.28. The number of hydrogen-bond acceptors (Lipinski definition) is 8. The Morgan fingerprint density at radius 1 is 0.972 bits per heavy atom. The molecule has 2 aromatic heterocycles. The van der Waals surface area contributed by atoms with Gasteiger partial charge >= 0.3 is 11.8 Å². The molecule has 0 saturated carbocycles. The molecule has 36 heavy (non-hydrogen) atoms. The zero-order chi connectivity index (χ0) is 25.7. The highest BCUT2D eigenvalue weighted by atomic mass is 16.6. The lowest BCUT2D eigenvalue weighted by Crippen LogP contribution is -2.35. The number of nitrogens with zero attached hydrogens (tertiary/aromatic N) is 4. The van der Waals surface area contributed by atoms with E-state index in [-0.39, 0.29) is 24.1 Å². The maximum atomic E-state index is 12.7. The van der Waals surface area contributed by atoms with Crippen LogP contribution in [0.3, 0.4) is 0 Å². The van der Waals surface area contributed by atoms with Gasteiger partial charge in [0.25, 0.3) is 0 Å². The minimum Gasteiger partial charge on any atom is -0.472 e. The van der Waals surface area contributed by atoms with E-state index in [4.69, 9.17) is 9.47 Å². The van der Waals surface area contributed by atoms with Crippen LogP contribution in [0, 0.1) is 0 Å². The third kappa shape index (κ3) is 6.15. The first-order valence-corrected chi connectivity index (χ1v) is 11.4. The van der Waals surface area contributed by atoms with Crippen molar-refractivity contribution in [1.29, 1.82) is 0 Å². The molecule has 0 atom stereocenters. The van der Waals surface area contributed by atoms with E-state index in [9.17, 15) is 9.59 Å². The second kappa shape index (κ2) is 10.4. The molecule has 2 aromatic carbocycles. The summed E-state index contributed by atoms with van der Waals surface area (Å²) in [4.78, 5) is 41.8. The summed E-state index contributed by atoms with van der Waals surface area (Å²) in [6, 6.07) is 19.3. The van der Waals surface area contributed by atoms with Crippen LogP contribution in [0.1, 0.15) is 31.9 Å². The number of carbonyl (C=O) groups is 1. The van der Waals surface area contributed by atoms with Crippen molar-refractivity contribution in [2.75, 3.05) is 17.3 Å². The number of rotatable bonds is 7. The summed E-state index contributed by atoms with van der Waals surface area (Å²) < 4.78 is 11.5. The van der Waals surface area contributed by atoms with Crippen molar-refractivity contribution >= 4 is 28.9 Å². The monoisotopic (exact) mass is 488 g/mol. The first-order chi connectivity index (χ1) is 17.2. The Bertz CT molecular complexity index is 1400. The largest absolute Gasteiger partial charge is 0.472 e. The van der Waals surface area contributed by atoms with Gasteiger partial charge in [-0.3, -0.25) is 4.98 Å². The smallest absolute Gasteiger partial charge is 0.416 e. The minimum absolute atomic E-state index is 0.00748. The molecule has 0 radical (unpaired) electrons. The first kappa shape index (κ1) is 24.6. The molecule has 4 rings (SSSR count). The van der Waals surface area contributed by atoms with Crippen LogP contribution >= 0.6 is 0 Å². The standard InChI is InChI=1S/C26H28N6O4/c1-26(2,3)36-25(34)32(4)23-28-21-19(22(31-23)35-16-18-13-9-6-10-14-18)20(29-24(33)30-21)27-15-17-11-7-5-8-12-17/h5-14H,15-16H2,1-4H3,(H2,27,28,29,30,31,33). The maximum absolute atomic E-state index is 12.7. The summed E-state index contributed by atoms with van der Waals surface area (Å²) in [7, 11) is 1.48. The number of carbonyl (C=O) groups excluding carboxylic acids is 1. The van der Waals surface area contributed by atoms with Crippen molar-refractivity contribution in [3.05, 3.63) is 82.3 Å². The van der Waals surface area contributed by atoms with Crippen LogP contribution in [-0.2, 0) is 17.9 Å². The molecule has 2 heterocycles. The highest BCUT2D eigenvalue weighted by molar-refractivity contribution is 5.93. The van der Waals surface area contributed by atoms with Crippen LogP contribution in [0.25, 0.3) is 11.0 Å². The molecular weight excluding hydrogens is 460 g/mol. The average molecular weight is 489 g/mol. The number of ether oxygens (including phenoxy) is 2. The van der Waals surface area contributed by atoms with E-state index in [1.54, 1.807) is 20.8 Å². The van der Waals surface area contributed by atoms with Crippen molar-refractivity contribution in [2.45, 2.75) is 39.5 Å². The fourth-order valence-electron chi connectivity index (χ4n) is 3.32. The van der Waals surface area contributed by atoms with Crippen molar-refractivity contribution in [3.63, 3.8) is 0 Å².